The maximum atomic E-state index is 11.0. The van der Waals surface area contributed by atoms with Crippen molar-refractivity contribution < 1.29 is 19.7 Å². The molecule has 1 aromatic carbocycles. The number of carboxylic acid groups (broad SMARTS) is 1. The molecule has 0 fully saturated rings. The summed E-state index contributed by atoms with van der Waals surface area (Å²) in [5.74, 6) is -2.16. The SMILES string of the molecule is CCCCCOc1c(O)c(C(=O)O)c(Cl)c(Cl)c1Cl. The van der Waals surface area contributed by atoms with Gasteiger partial charge in [-0.3, -0.25) is 0 Å². The predicted octanol–water partition coefficient (Wildman–Crippen LogP) is 4.62. The van der Waals surface area contributed by atoms with E-state index in [0.717, 1.165) is 19.3 Å². The summed E-state index contributed by atoms with van der Waals surface area (Å²) >= 11 is 17.5. The van der Waals surface area contributed by atoms with Gasteiger partial charge in [0.15, 0.2) is 11.5 Å². The minimum atomic E-state index is -1.40. The van der Waals surface area contributed by atoms with Crippen LogP contribution in [-0.4, -0.2) is 22.8 Å². The molecule has 4 nitrogen and oxygen atoms in total. The van der Waals surface area contributed by atoms with Crippen LogP contribution in [0.3, 0.4) is 0 Å². The van der Waals surface area contributed by atoms with Gasteiger partial charge in [-0.05, 0) is 6.42 Å². The summed E-state index contributed by atoms with van der Waals surface area (Å²) in [5, 5.41) is 18.3. The average molecular weight is 328 g/mol. The van der Waals surface area contributed by atoms with Gasteiger partial charge in [-0.2, -0.15) is 0 Å². The number of unbranched alkanes of at least 4 members (excludes halogenated alkanes) is 2. The van der Waals surface area contributed by atoms with E-state index in [-0.39, 0.29) is 20.8 Å². The predicted molar refractivity (Wildman–Crippen MR) is 75.1 cm³/mol. The molecule has 0 aliphatic heterocycles. The van der Waals surface area contributed by atoms with E-state index >= 15 is 0 Å². The summed E-state index contributed by atoms with van der Waals surface area (Å²) in [6, 6.07) is 0. The van der Waals surface area contributed by atoms with Crippen molar-refractivity contribution in [2.75, 3.05) is 6.61 Å². The standard InChI is InChI=1S/C12H13Cl3O4/c1-2-3-4-5-19-11-9(15)8(14)7(13)6(10(11)16)12(17)18/h16H,2-5H2,1H3,(H,17,18). The Balaban J connectivity index is 3.13. The molecule has 1 rings (SSSR count). The van der Waals surface area contributed by atoms with Crippen LogP contribution in [0, 0.1) is 0 Å². The molecule has 0 aliphatic rings. The highest BCUT2D eigenvalue weighted by Gasteiger charge is 2.26. The van der Waals surface area contributed by atoms with Crippen molar-refractivity contribution in [1.29, 1.82) is 0 Å². The number of phenols is 1. The number of aromatic hydroxyl groups is 1. The average Bonchev–Trinajstić information content (AvgIpc) is 2.35. The molecule has 0 bridgehead atoms. The van der Waals surface area contributed by atoms with Crippen LogP contribution in [0.25, 0.3) is 0 Å². The lowest BCUT2D eigenvalue weighted by Crippen LogP contribution is -2.04. The van der Waals surface area contributed by atoms with E-state index in [1.165, 1.54) is 0 Å². The second-order valence-corrected chi connectivity index (χ2v) is 4.99. The first kappa shape index (κ1) is 16.2. The normalized spacial score (nSPS) is 10.5. The van der Waals surface area contributed by atoms with Crippen molar-refractivity contribution in [3.8, 4) is 11.5 Å². The number of aromatic carboxylic acids is 1. The zero-order chi connectivity index (χ0) is 14.6. The first-order chi connectivity index (χ1) is 8.91. The number of halogens is 3. The fourth-order valence-electron chi connectivity index (χ4n) is 1.48. The Morgan fingerprint density at radius 2 is 1.79 bits per heavy atom. The quantitative estimate of drug-likeness (QED) is 0.591. The molecule has 0 radical (unpaired) electrons. The fourth-order valence-corrected chi connectivity index (χ4v) is 2.21. The van der Waals surface area contributed by atoms with Crippen molar-refractivity contribution in [1.82, 2.24) is 0 Å². The topological polar surface area (TPSA) is 66.8 Å². The third-order valence-electron chi connectivity index (χ3n) is 2.46. The summed E-state index contributed by atoms with van der Waals surface area (Å²) in [4.78, 5) is 11.0. The fraction of sp³-hybridized carbons (Fsp3) is 0.417. The van der Waals surface area contributed by atoms with Crippen LogP contribution in [0.5, 0.6) is 11.5 Å². The van der Waals surface area contributed by atoms with Crippen molar-refractivity contribution in [2.45, 2.75) is 26.2 Å². The molecule has 19 heavy (non-hydrogen) atoms. The van der Waals surface area contributed by atoms with Gasteiger partial charge in [-0.25, -0.2) is 4.79 Å². The largest absolute Gasteiger partial charge is 0.504 e. The molecule has 0 aromatic heterocycles. The van der Waals surface area contributed by atoms with Crippen LogP contribution in [0.15, 0.2) is 0 Å². The van der Waals surface area contributed by atoms with Crippen LogP contribution >= 0.6 is 34.8 Å². The van der Waals surface area contributed by atoms with Gasteiger partial charge in [0.2, 0.25) is 0 Å². The summed E-state index contributed by atoms with van der Waals surface area (Å²) in [6.07, 6.45) is 2.71. The van der Waals surface area contributed by atoms with Crippen molar-refractivity contribution in [3.63, 3.8) is 0 Å². The maximum Gasteiger partial charge on any atom is 0.341 e. The van der Waals surface area contributed by atoms with E-state index in [9.17, 15) is 9.90 Å². The first-order valence-corrected chi connectivity index (χ1v) is 6.80. The summed E-state index contributed by atoms with van der Waals surface area (Å²) in [6.45, 7) is 2.34. The summed E-state index contributed by atoms with van der Waals surface area (Å²) in [7, 11) is 0. The highest BCUT2D eigenvalue weighted by atomic mass is 35.5. The van der Waals surface area contributed by atoms with Gasteiger partial charge in [-0.1, -0.05) is 54.6 Å². The number of benzene rings is 1. The molecule has 106 valence electrons. The molecule has 0 aliphatic carbocycles. The molecule has 0 amide bonds. The van der Waals surface area contributed by atoms with Crippen molar-refractivity contribution >= 4 is 40.8 Å². The van der Waals surface area contributed by atoms with Crippen LogP contribution in [-0.2, 0) is 0 Å². The third-order valence-corrected chi connectivity index (χ3v) is 3.77. The molecule has 1 aromatic rings. The van der Waals surface area contributed by atoms with Gasteiger partial charge in [0.25, 0.3) is 0 Å². The lowest BCUT2D eigenvalue weighted by atomic mass is 10.2. The molecule has 0 saturated carbocycles. The number of carboxylic acids is 1. The molecule has 0 unspecified atom stereocenters. The summed E-state index contributed by atoms with van der Waals surface area (Å²) in [5.41, 5.74) is -0.512. The van der Waals surface area contributed by atoms with Gasteiger partial charge in [0.1, 0.15) is 10.6 Å². The van der Waals surface area contributed by atoms with Gasteiger partial charge >= 0.3 is 5.97 Å². The van der Waals surface area contributed by atoms with Gasteiger partial charge in [0.05, 0.1) is 16.7 Å². The lowest BCUT2D eigenvalue weighted by molar-refractivity contribution is 0.0693. The Hall–Kier alpha value is -0.840. The second-order valence-electron chi connectivity index (χ2n) is 3.86. The van der Waals surface area contributed by atoms with E-state index < -0.39 is 17.3 Å². The zero-order valence-corrected chi connectivity index (χ0v) is 12.4. The number of ether oxygens (including phenoxy) is 1. The van der Waals surface area contributed by atoms with Crippen LogP contribution in [0.1, 0.15) is 36.5 Å². The Bertz CT molecular complexity index is 489. The molecule has 0 atom stereocenters. The van der Waals surface area contributed by atoms with Crippen molar-refractivity contribution in [2.24, 2.45) is 0 Å². The maximum absolute atomic E-state index is 11.0. The van der Waals surface area contributed by atoms with E-state index in [2.05, 4.69) is 0 Å². The molecule has 2 N–H and O–H groups in total. The monoisotopic (exact) mass is 326 g/mol. The Labute approximate surface area is 125 Å². The summed E-state index contributed by atoms with van der Waals surface area (Å²) < 4.78 is 5.31. The molecule has 0 spiro atoms. The molecular weight excluding hydrogens is 314 g/mol. The smallest absolute Gasteiger partial charge is 0.341 e. The number of rotatable bonds is 6. The highest BCUT2D eigenvalue weighted by molar-refractivity contribution is 6.50. The Morgan fingerprint density at radius 1 is 1.16 bits per heavy atom. The number of carbonyl (C=O) groups is 1. The Kier molecular flexibility index (Phi) is 6.04. The second kappa shape index (κ2) is 7.08. The first-order valence-electron chi connectivity index (χ1n) is 5.67. The van der Waals surface area contributed by atoms with Crippen LogP contribution in [0.2, 0.25) is 15.1 Å². The number of hydrogen-bond acceptors (Lipinski definition) is 3. The minimum absolute atomic E-state index is 0.0920. The van der Waals surface area contributed by atoms with Crippen molar-refractivity contribution in [3.05, 3.63) is 20.6 Å². The molecule has 7 heteroatoms. The molecular formula is C12H13Cl3O4. The molecule has 0 saturated heterocycles. The van der Waals surface area contributed by atoms with E-state index in [4.69, 9.17) is 44.6 Å². The molecule has 0 heterocycles. The third kappa shape index (κ3) is 3.59. The van der Waals surface area contributed by atoms with E-state index in [0.29, 0.717) is 6.61 Å². The highest BCUT2D eigenvalue weighted by Crippen LogP contribution is 2.47. The van der Waals surface area contributed by atoms with Gasteiger partial charge in [0, 0.05) is 0 Å². The Morgan fingerprint density at radius 3 is 2.32 bits per heavy atom. The van der Waals surface area contributed by atoms with Gasteiger partial charge < -0.3 is 14.9 Å². The zero-order valence-electron chi connectivity index (χ0n) is 10.2. The van der Waals surface area contributed by atoms with E-state index in [1.54, 1.807) is 0 Å². The van der Waals surface area contributed by atoms with E-state index in [1.807, 2.05) is 6.92 Å². The van der Waals surface area contributed by atoms with Crippen LogP contribution < -0.4 is 4.74 Å². The lowest BCUT2D eigenvalue weighted by Gasteiger charge is -2.14. The number of hydrogen-bond donors (Lipinski definition) is 2. The minimum Gasteiger partial charge on any atom is -0.504 e. The van der Waals surface area contributed by atoms with Gasteiger partial charge in [-0.15, -0.1) is 0 Å². The van der Waals surface area contributed by atoms with Crippen LogP contribution in [0.4, 0.5) is 0 Å².